The Balaban J connectivity index is 2.00. The van der Waals surface area contributed by atoms with E-state index in [-0.39, 0.29) is 19.1 Å². The summed E-state index contributed by atoms with van der Waals surface area (Å²) in [5, 5.41) is 15.9. The molecule has 0 bridgehead atoms. The van der Waals surface area contributed by atoms with Gasteiger partial charge in [-0.3, -0.25) is 14.3 Å². The fourth-order valence-corrected chi connectivity index (χ4v) is 2.01. The van der Waals surface area contributed by atoms with Crippen molar-refractivity contribution in [3.63, 3.8) is 0 Å². The first-order valence-electron chi connectivity index (χ1n) is 6.21. The van der Waals surface area contributed by atoms with Gasteiger partial charge in [-0.25, -0.2) is 0 Å². The van der Waals surface area contributed by atoms with Crippen LogP contribution in [0.5, 0.6) is 0 Å². The Bertz CT molecular complexity index is 552. The number of aryl methyl sites for hydroxylation is 1. The van der Waals surface area contributed by atoms with Crippen molar-refractivity contribution in [2.45, 2.75) is 13.0 Å². The molecule has 7 nitrogen and oxygen atoms in total. The lowest BCUT2D eigenvalue weighted by atomic mass is 9.85. The summed E-state index contributed by atoms with van der Waals surface area (Å²) >= 11 is 0. The minimum absolute atomic E-state index is 0.0960. The molecule has 0 aliphatic carbocycles. The fourth-order valence-electron chi connectivity index (χ4n) is 2.01. The van der Waals surface area contributed by atoms with E-state index in [0.717, 1.165) is 5.69 Å². The number of carbonyl (C=O) groups excluding carboxylic acids is 1. The number of hydrogen-bond donors (Lipinski definition) is 2. The summed E-state index contributed by atoms with van der Waals surface area (Å²) in [7, 11) is 1.77. The zero-order valence-electron chi connectivity index (χ0n) is 11.4. The minimum atomic E-state index is -1.09. The maximum Gasteiger partial charge on any atom is 0.313 e. The third kappa shape index (κ3) is 2.72. The Morgan fingerprint density at radius 1 is 1.65 bits per heavy atom. The van der Waals surface area contributed by atoms with E-state index < -0.39 is 17.4 Å². The molecule has 0 radical (unpaired) electrons. The predicted octanol–water partition coefficient (Wildman–Crippen LogP) is 0.0392. The van der Waals surface area contributed by atoms with Gasteiger partial charge in [-0.2, -0.15) is 5.10 Å². The van der Waals surface area contributed by atoms with Crippen molar-refractivity contribution in [3.8, 4) is 0 Å². The number of carboxylic acid groups (broad SMARTS) is 1. The van der Waals surface area contributed by atoms with Gasteiger partial charge in [0.25, 0.3) is 0 Å². The lowest BCUT2D eigenvalue weighted by Crippen LogP contribution is -2.49. The van der Waals surface area contributed by atoms with E-state index in [1.807, 2.05) is 0 Å². The Morgan fingerprint density at radius 2 is 2.40 bits per heavy atom. The third-order valence-corrected chi connectivity index (χ3v) is 3.52. The molecule has 2 heterocycles. The molecule has 1 saturated heterocycles. The number of aromatic nitrogens is 2. The molecule has 108 valence electrons. The van der Waals surface area contributed by atoms with Crippen LogP contribution in [0.15, 0.2) is 18.3 Å². The summed E-state index contributed by atoms with van der Waals surface area (Å²) < 4.78 is 6.80. The first kappa shape index (κ1) is 14.3. The highest BCUT2D eigenvalue weighted by atomic mass is 16.5. The second-order valence-corrected chi connectivity index (χ2v) is 5.01. The van der Waals surface area contributed by atoms with E-state index in [1.165, 1.54) is 6.08 Å². The molecule has 2 rings (SSSR count). The molecule has 7 heteroatoms. The lowest BCUT2D eigenvalue weighted by molar-refractivity contribution is -0.148. The molecule has 1 aromatic rings. The average molecular weight is 279 g/mol. The van der Waals surface area contributed by atoms with Crippen molar-refractivity contribution in [2.75, 3.05) is 13.2 Å². The lowest BCUT2D eigenvalue weighted by Gasteiger charge is -2.24. The van der Waals surface area contributed by atoms with Crippen LogP contribution < -0.4 is 5.32 Å². The quantitative estimate of drug-likeness (QED) is 0.759. The Morgan fingerprint density at radius 3 is 3.00 bits per heavy atom. The summed E-state index contributed by atoms with van der Waals surface area (Å²) in [5.74, 6) is -1.33. The Kier molecular flexibility index (Phi) is 3.89. The van der Waals surface area contributed by atoms with Crippen molar-refractivity contribution >= 4 is 18.0 Å². The van der Waals surface area contributed by atoms with Crippen LogP contribution in [0.4, 0.5) is 0 Å². The van der Waals surface area contributed by atoms with Crippen LogP contribution in [0.25, 0.3) is 6.08 Å². The molecule has 20 heavy (non-hydrogen) atoms. The van der Waals surface area contributed by atoms with Crippen molar-refractivity contribution in [3.05, 3.63) is 24.0 Å². The second kappa shape index (κ2) is 5.46. The summed E-state index contributed by atoms with van der Waals surface area (Å²) in [6, 6.07) is 1.23. The minimum Gasteiger partial charge on any atom is -0.481 e. The largest absolute Gasteiger partial charge is 0.481 e. The molecule has 1 aromatic heterocycles. The van der Waals surface area contributed by atoms with Gasteiger partial charge in [0.1, 0.15) is 5.41 Å². The summed E-state index contributed by atoms with van der Waals surface area (Å²) in [6.07, 6.45) is 4.61. The van der Waals surface area contributed by atoms with E-state index in [2.05, 4.69) is 10.4 Å². The molecule has 2 N–H and O–H groups in total. The monoisotopic (exact) mass is 279 g/mol. The fraction of sp³-hybridized carbons (Fsp3) is 0.462. The maximum absolute atomic E-state index is 11.8. The van der Waals surface area contributed by atoms with Crippen LogP contribution in [0.3, 0.4) is 0 Å². The smallest absolute Gasteiger partial charge is 0.313 e. The Labute approximate surface area is 116 Å². The van der Waals surface area contributed by atoms with Crippen LogP contribution in [-0.4, -0.2) is 46.0 Å². The van der Waals surface area contributed by atoms with Gasteiger partial charge in [0.05, 0.1) is 24.9 Å². The SMILES string of the molecule is Cn1nccc1C=CC(=O)NC1COCC1(C)C(=O)O. The van der Waals surface area contributed by atoms with Crippen LogP contribution in [-0.2, 0) is 21.4 Å². The van der Waals surface area contributed by atoms with E-state index in [0.29, 0.717) is 0 Å². The van der Waals surface area contributed by atoms with E-state index in [9.17, 15) is 14.7 Å². The number of rotatable bonds is 4. The molecule has 1 aliphatic rings. The van der Waals surface area contributed by atoms with Gasteiger partial charge in [-0.15, -0.1) is 0 Å². The summed E-state index contributed by atoms with van der Waals surface area (Å²) in [4.78, 5) is 23.1. The van der Waals surface area contributed by atoms with E-state index in [4.69, 9.17) is 4.74 Å². The van der Waals surface area contributed by atoms with E-state index in [1.54, 1.807) is 37.0 Å². The first-order valence-corrected chi connectivity index (χ1v) is 6.21. The molecule has 2 unspecified atom stereocenters. The third-order valence-electron chi connectivity index (χ3n) is 3.52. The Hall–Kier alpha value is -2.15. The van der Waals surface area contributed by atoms with Crippen molar-refractivity contribution in [2.24, 2.45) is 12.5 Å². The van der Waals surface area contributed by atoms with Crippen molar-refractivity contribution in [1.29, 1.82) is 0 Å². The summed E-state index contributed by atoms with van der Waals surface area (Å²) in [6.45, 7) is 1.87. The average Bonchev–Trinajstić information content (AvgIpc) is 2.95. The molecule has 1 amide bonds. The van der Waals surface area contributed by atoms with Gasteiger partial charge in [0.15, 0.2) is 0 Å². The highest BCUT2D eigenvalue weighted by molar-refractivity contribution is 5.92. The zero-order valence-corrected chi connectivity index (χ0v) is 11.4. The standard InChI is InChI=1S/C13H17N3O4/c1-13(12(18)19)8-20-7-10(13)15-11(17)4-3-9-5-6-14-16(9)2/h3-6,10H,7-8H2,1-2H3,(H,15,17)(H,18,19). The molecule has 1 fully saturated rings. The normalized spacial score (nSPS) is 26.0. The zero-order chi connectivity index (χ0) is 14.8. The number of aliphatic carboxylic acids is 1. The van der Waals surface area contributed by atoms with Gasteiger partial charge < -0.3 is 15.2 Å². The maximum atomic E-state index is 11.8. The molecular formula is C13H17N3O4. The highest BCUT2D eigenvalue weighted by Gasteiger charge is 2.47. The van der Waals surface area contributed by atoms with Crippen LogP contribution in [0, 0.1) is 5.41 Å². The number of hydrogen-bond acceptors (Lipinski definition) is 4. The number of ether oxygens (including phenoxy) is 1. The molecule has 1 aliphatic heterocycles. The van der Waals surface area contributed by atoms with Crippen LogP contribution in [0.1, 0.15) is 12.6 Å². The number of carboxylic acids is 1. The number of nitrogens with zero attached hydrogens (tertiary/aromatic N) is 2. The molecule has 0 saturated carbocycles. The second-order valence-electron chi connectivity index (χ2n) is 5.01. The van der Waals surface area contributed by atoms with E-state index >= 15 is 0 Å². The van der Waals surface area contributed by atoms with Gasteiger partial charge in [0.2, 0.25) is 5.91 Å². The predicted molar refractivity (Wildman–Crippen MR) is 70.7 cm³/mol. The van der Waals surface area contributed by atoms with Crippen LogP contribution in [0.2, 0.25) is 0 Å². The first-order chi connectivity index (χ1) is 9.43. The molecule has 2 atom stereocenters. The number of amides is 1. The number of nitrogens with one attached hydrogen (secondary N) is 1. The molecule has 0 spiro atoms. The topological polar surface area (TPSA) is 93.5 Å². The van der Waals surface area contributed by atoms with Gasteiger partial charge in [0, 0.05) is 19.3 Å². The summed E-state index contributed by atoms with van der Waals surface area (Å²) in [5.41, 5.74) is -0.306. The number of carbonyl (C=O) groups is 2. The molecular weight excluding hydrogens is 262 g/mol. The highest BCUT2D eigenvalue weighted by Crippen LogP contribution is 2.28. The van der Waals surface area contributed by atoms with Crippen LogP contribution >= 0.6 is 0 Å². The van der Waals surface area contributed by atoms with Crippen molar-refractivity contribution in [1.82, 2.24) is 15.1 Å². The van der Waals surface area contributed by atoms with Crippen molar-refractivity contribution < 1.29 is 19.4 Å². The van der Waals surface area contributed by atoms with Gasteiger partial charge >= 0.3 is 5.97 Å². The van der Waals surface area contributed by atoms with Gasteiger partial charge in [-0.1, -0.05) is 0 Å². The van der Waals surface area contributed by atoms with Gasteiger partial charge in [-0.05, 0) is 19.1 Å². The molecule has 0 aromatic carbocycles.